The van der Waals surface area contributed by atoms with Crippen LogP contribution in [0.5, 0.6) is 0 Å². The largest absolute Gasteiger partial charge is 0.333 e. The van der Waals surface area contributed by atoms with E-state index in [1.807, 2.05) is 18.2 Å². The van der Waals surface area contributed by atoms with Gasteiger partial charge in [0.2, 0.25) is 0 Å². The van der Waals surface area contributed by atoms with Crippen LogP contribution in [0.3, 0.4) is 0 Å². The first-order chi connectivity index (χ1) is 5.52. The summed E-state index contributed by atoms with van der Waals surface area (Å²) in [5.74, 6) is 0. The Bertz CT molecular complexity index is 293. The van der Waals surface area contributed by atoms with Crippen molar-refractivity contribution in [3.8, 4) is 0 Å². The van der Waals surface area contributed by atoms with E-state index < -0.39 is 12.4 Å². The van der Waals surface area contributed by atoms with E-state index in [0.717, 1.165) is 5.56 Å². The molecule has 0 aromatic heterocycles. The van der Waals surface area contributed by atoms with Crippen molar-refractivity contribution >= 4 is 18.0 Å². The highest BCUT2D eigenvalue weighted by molar-refractivity contribution is 7.84. The molecule has 2 nitrogen and oxygen atoms in total. The number of rotatable bonds is 2. The molecule has 0 spiro atoms. The quantitative estimate of drug-likeness (QED) is 0.752. The van der Waals surface area contributed by atoms with Crippen LogP contribution in [-0.2, 0) is 4.57 Å². The highest BCUT2D eigenvalue weighted by Crippen LogP contribution is 2.59. The molecule has 0 aliphatic rings. The van der Waals surface area contributed by atoms with Gasteiger partial charge in [0.15, 0.2) is 0 Å². The maximum absolute atomic E-state index is 11.0. The second-order valence-electron chi connectivity index (χ2n) is 2.63. The average Bonchev–Trinajstić information content (AvgIpc) is 2.03. The predicted molar refractivity (Wildman–Crippen MR) is 50.5 cm³/mol. The lowest BCUT2D eigenvalue weighted by Crippen LogP contribution is -1.89. The van der Waals surface area contributed by atoms with Gasteiger partial charge in [-0.3, -0.25) is 4.57 Å². The normalized spacial score (nSPS) is 18.2. The lowest BCUT2D eigenvalue weighted by atomic mass is 10.2. The van der Waals surface area contributed by atoms with Crippen LogP contribution in [-0.4, -0.2) is 4.89 Å². The zero-order valence-electron chi connectivity index (χ0n) is 6.64. The third-order valence-corrected chi connectivity index (χ3v) is 3.89. The summed E-state index contributed by atoms with van der Waals surface area (Å²) < 4.78 is 11.0. The molecular weight excluding hydrogens is 195 g/mol. The summed E-state index contributed by atoms with van der Waals surface area (Å²) >= 11 is 5.33. The summed E-state index contributed by atoms with van der Waals surface area (Å²) in [5.41, 5.74) is 0.290. The van der Waals surface area contributed by atoms with Gasteiger partial charge in [-0.25, -0.2) is 0 Å². The lowest BCUT2D eigenvalue weighted by molar-refractivity contribution is 0.486. The predicted octanol–water partition coefficient (Wildman–Crippen LogP) is 3.17. The second kappa shape index (κ2) is 3.61. The zero-order chi connectivity index (χ0) is 9.19. The summed E-state index contributed by atoms with van der Waals surface area (Å²) in [7, 11) is 0. The summed E-state index contributed by atoms with van der Waals surface area (Å²) in [5, 5.41) is 0. The van der Waals surface area contributed by atoms with Crippen LogP contribution in [0.1, 0.15) is 18.1 Å². The van der Waals surface area contributed by atoms with Crippen LogP contribution in [0, 0.1) is 0 Å². The molecule has 0 fully saturated rings. The molecule has 4 heteroatoms. The van der Waals surface area contributed by atoms with E-state index in [1.165, 1.54) is 0 Å². The molecule has 1 aromatic rings. The van der Waals surface area contributed by atoms with E-state index in [2.05, 4.69) is 0 Å². The second-order valence-corrected chi connectivity index (χ2v) is 5.95. The Balaban J connectivity index is 2.94. The number of hydrogen-bond donors (Lipinski definition) is 1. The van der Waals surface area contributed by atoms with Gasteiger partial charge in [-0.15, -0.1) is 0 Å². The van der Waals surface area contributed by atoms with Gasteiger partial charge in [0.1, 0.15) is 0 Å². The van der Waals surface area contributed by atoms with Gasteiger partial charge in [-0.05, 0) is 23.7 Å². The molecule has 2 unspecified atom stereocenters. The molecule has 66 valence electrons. The summed E-state index contributed by atoms with van der Waals surface area (Å²) in [6, 6.07) is 9.06. The van der Waals surface area contributed by atoms with Crippen molar-refractivity contribution in [1.82, 2.24) is 0 Å². The van der Waals surface area contributed by atoms with Crippen LogP contribution >= 0.6 is 18.0 Å². The third-order valence-electron chi connectivity index (χ3n) is 1.76. The van der Waals surface area contributed by atoms with E-state index in [0.29, 0.717) is 0 Å². The summed E-state index contributed by atoms with van der Waals surface area (Å²) in [6.45, 7) is -1.86. The van der Waals surface area contributed by atoms with Gasteiger partial charge >= 0.3 is 0 Å². The molecule has 12 heavy (non-hydrogen) atoms. The van der Waals surface area contributed by atoms with Gasteiger partial charge in [-0.1, -0.05) is 30.3 Å². The van der Waals surface area contributed by atoms with E-state index in [9.17, 15) is 4.57 Å². The van der Waals surface area contributed by atoms with Crippen LogP contribution in [0.2, 0.25) is 0 Å². The first kappa shape index (κ1) is 9.79. The molecular formula is C8H10ClO2P. The summed E-state index contributed by atoms with van der Waals surface area (Å²) in [4.78, 5) is 9.06. The standard InChI is InChI=1S/C8H10ClO2P/c1-7(12(9,10)11)8-5-3-2-4-6-8/h2-7H,1H3,(H,10,11). The minimum absolute atomic E-state index is 0.500. The number of benzene rings is 1. The molecule has 0 aliphatic carbocycles. The van der Waals surface area contributed by atoms with Crippen molar-refractivity contribution in [2.75, 3.05) is 0 Å². The first-order valence-electron chi connectivity index (χ1n) is 3.59. The van der Waals surface area contributed by atoms with Crippen molar-refractivity contribution in [1.29, 1.82) is 0 Å². The molecule has 0 saturated heterocycles. The molecule has 0 heterocycles. The maximum Gasteiger partial charge on any atom is 0.294 e. The Kier molecular flexibility index (Phi) is 2.94. The van der Waals surface area contributed by atoms with Crippen molar-refractivity contribution in [3.05, 3.63) is 35.9 Å². The van der Waals surface area contributed by atoms with Gasteiger partial charge in [0.25, 0.3) is 6.72 Å². The molecule has 0 amide bonds. The minimum atomic E-state index is -3.51. The molecule has 1 N–H and O–H groups in total. The maximum atomic E-state index is 11.0. The van der Waals surface area contributed by atoms with E-state index in [-0.39, 0.29) is 0 Å². The van der Waals surface area contributed by atoms with Crippen molar-refractivity contribution in [2.45, 2.75) is 12.6 Å². The Morgan fingerprint density at radius 3 is 2.33 bits per heavy atom. The fraction of sp³-hybridized carbons (Fsp3) is 0.250. The van der Waals surface area contributed by atoms with Gasteiger partial charge < -0.3 is 4.89 Å². The molecule has 1 aromatic carbocycles. The molecule has 0 saturated carbocycles. The lowest BCUT2D eigenvalue weighted by Gasteiger charge is -2.12. The minimum Gasteiger partial charge on any atom is -0.333 e. The van der Waals surface area contributed by atoms with Crippen LogP contribution in [0.4, 0.5) is 0 Å². The fourth-order valence-electron chi connectivity index (χ4n) is 0.915. The zero-order valence-corrected chi connectivity index (χ0v) is 8.30. The van der Waals surface area contributed by atoms with Crippen molar-refractivity contribution in [3.63, 3.8) is 0 Å². The highest BCUT2D eigenvalue weighted by Gasteiger charge is 2.24. The van der Waals surface area contributed by atoms with E-state index >= 15 is 0 Å². The van der Waals surface area contributed by atoms with Crippen LogP contribution in [0.25, 0.3) is 0 Å². The van der Waals surface area contributed by atoms with Gasteiger partial charge in [0, 0.05) is 0 Å². The number of halogens is 1. The van der Waals surface area contributed by atoms with Gasteiger partial charge in [0.05, 0.1) is 5.66 Å². The Morgan fingerprint density at radius 2 is 1.92 bits per heavy atom. The monoisotopic (exact) mass is 204 g/mol. The summed E-state index contributed by atoms with van der Waals surface area (Å²) in [6.07, 6.45) is 0. The molecule has 0 bridgehead atoms. The molecule has 2 atom stereocenters. The smallest absolute Gasteiger partial charge is 0.294 e. The van der Waals surface area contributed by atoms with Crippen molar-refractivity contribution in [2.24, 2.45) is 0 Å². The van der Waals surface area contributed by atoms with E-state index in [1.54, 1.807) is 19.1 Å². The third kappa shape index (κ3) is 2.34. The fourth-order valence-corrected chi connectivity index (χ4v) is 1.79. The SMILES string of the molecule is CC(c1ccccc1)P(=O)(O)Cl. The molecule has 1 rings (SSSR count). The van der Waals surface area contributed by atoms with Gasteiger partial charge in [-0.2, -0.15) is 0 Å². The highest BCUT2D eigenvalue weighted by atomic mass is 35.7. The molecule has 0 aliphatic heterocycles. The topological polar surface area (TPSA) is 37.3 Å². The van der Waals surface area contributed by atoms with Crippen LogP contribution in [0.15, 0.2) is 30.3 Å². The Hall–Kier alpha value is -0.300. The molecule has 0 radical (unpaired) electrons. The first-order valence-corrected chi connectivity index (χ1v) is 6.22. The average molecular weight is 205 g/mol. The van der Waals surface area contributed by atoms with E-state index in [4.69, 9.17) is 16.1 Å². The van der Waals surface area contributed by atoms with Crippen LogP contribution < -0.4 is 0 Å². The Labute approximate surface area is 76.4 Å². The number of hydrogen-bond acceptors (Lipinski definition) is 1. The van der Waals surface area contributed by atoms with Crippen molar-refractivity contribution < 1.29 is 9.46 Å². The Morgan fingerprint density at radius 1 is 1.42 bits per heavy atom.